The molecule has 1 aromatic heterocycles. The molecule has 0 saturated heterocycles. The molecule has 0 saturated carbocycles. The summed E-state index contributed by atoms with van der Waals surface area (Å²) in [4.78, 5) is 4.23. The molecule has 0 aliphatic heterocycles. The number of imidazole rings is 1. The minimum Gasteiger partial charge on any atom is -0.494 e. The van der Waals surface area contributed by atoms with E-state index in [-0.39, 0.29) is 0 Å². The number of rotatable bonds is 5. The van der Waals surface area contributed by atoms with Crippen LogP contribution in [0.5, 0.6) is 5.75 Å². The van der Waals surface area contributed by atoms with E-state index in [4.69, 9.17) is 4.74 Å². The monoisotopic (exact) mass is 308 g/mol. The topological polar surface area (TPSA) is 27.1 Å². The molecule has 0 atom stereocenters. The molecule has 0 spiro atoms. The van der Waals surface area contributed by atoms with Crippen LogP contribution in [0.25, 0.3) is 0 Å². The van der Waals surface area contributed by atoms with Crippen molar-refractivity contribution in [3.8, 4) is 5.75 Å². The minimum absolute atomic E-state index is 0.710. The van der Waals surface area contributed by atoms with Gasteiger partial charge in [0.2, 0.25) is 0 Å². The zero-order valence-electron chi connectivity index (χ0n) is 10.7. The highest BCUT2D eigenvalue weighted by atomic mass is 79.9. The van der Waals surface area contributed by atoms with E-state index in [2.05, 4.69) is 37.6 Å². The van der Waals surface area contributed by atoms with Crippen molar-refractivity contribution in [1.29, 1.82) is 0 Å². The van der Waals surface area contributed by atoms with Crippen LogP contribution in [-0.2, 0) is 19.9 Å². The standard InChI is InChI=1S/C14H17BrN2O/c1-3-18-12-7-4-11(5-8-12)6-9-13-14(15)16-10-17(13)2/h4-5,7-8,10H,3,6,9H2,1-2H3. The third-order valence-electron chi connectivity index (χ3n) is 2.89. The lowest BCUT2D eigenvalue weighted by atomic mass is 10.1. The van der Waals surface area contributed by atoms with Crippen LogP contribution in [0, 0.1) is 0 Å². The molecule has 0 amide bonds. The molecular formula is C14H17BrN2O. The lowest BCUT2D eigenvalue weighted by Crippen LogP contribution is -1.99. The Morgan fingerprint density at radius 3 is 2.50 bits per heavy atom. The number of hydrogen-bond donors (Lipinski definition) is 0. The molecular weight excluding hydrogens is 292 g/mol. The van der Waals surface area contributed by atoms with Crippen LogP contribution in [0.3, 0.4) is 0 Å². The van der Waals surface area contributed by atoms with Crippen LogP contribution in [0.1, 0.15) is 18.2 Å². The van der Waals surface area contributed by atoms with E-state index in [1.807, 2.05) is 32.4 Å². The van der Waals surface area contributed by atoms with Gasteiger partial charge >= 0.3 is 0 Å². The summed E-state index contributed by atoms with van der Waals surface area (Å²) in [5.74, 6) is 0.933. The first-order valence-electron chi connectivity index (χ1n) is 6.08. The molecule has 0 aliphatic rings. The zero-order valence-corrected chi connectivity index (χ0v) is 12.3. The summed E-state index contributed by atoms with van der Waals surface area (Å²) >= 11 is 3.47. The van der Waals surface area contributed by atoms with Crippen molar-refractivity contribution in [2.45, 2.75) is 19.8 Å². The summed E-state index contributed by atoms with van der Waals surface area (Å²) in [6, 6.07) is 8.29. The lowest BCUT2D eigenvalue weighted by Gasteiger charge is -2.06. The van der Waals surface area contributed by atoms with Crippen molar-refractivity contribution < 1.29 is 4.74 Å². The maximum Gasteiger partial charge on any atom is 0.127 e. The predicted molar refractivity (Wildman–Crippen MR) is 75.9 cm³/mol. The fraction of sp³-hybridized carbons (Fsp3) is 0.357. The summed E-state index contributed by atoms with van der Waals surface area (Å²) in [6.45, 7) is 2.70. The predicted octanol–water partition coefficient (Wildman–Crippen LogP) is 3.37. The van der Waals surface area contributed by atoms with E-state index in [0.717, 1.165) is 23.2 Å². The Hall–Kier alpha value is -1.29. The smallest absolute Gasteiger partial charge is 0.127 e. The van der Waals surface area contributed by atoms with E-state index in [9.17, 15) is 0 Å². The lowest BCUT2D eigenvalue weighted by molar-refractivity contribution is 0.340. The second kappa shape index (κ2) is 6.05. The van der Waals surface area contributed by atoms with Crippen molar-refractivity contribution in [3.63, 3.8) is 0 Å². The van der Waals surface area contributed by atoms with Gasteiger partial charge in [-0.2, -0.15) is 0 Å². The number of aryl methyl sites for hydroxylation is 2. The summed E-state index contributed by atoms with van der Waals surface area (Å²) in [5.41, 5.74) is 2.54. The van der Waals surface area contributed by atoms with Crippen LogP contribution in [0.4, 0.5) is 0 Å². The molecule has 1 aromatic carbocycles. The van der Waals surface area contributed by atoms with Crippen molar-refractivity contribution in [2.75, 3.05) is 6.61 Å². The number of nitrogens with zero attached hydrogens (tertiary/aromatic N) is 2. The third kappa shape index (κ3) is 3.13. The van der Waals surface area contributed by atoms with E-state index < -0.39 is 0 Å². The summed E-state index contributed by atoms with van der Waals surface area (Å²) in [6.07, 6.45) is 3.81. The van der Waals surface area contributed by atoms with Crippen LogP contribution in [0.2, 0.25) is 0 Å². The quantitative estimate of drug-likeness (QED) is 0.847. The molecule has 18 heavy (non-hydrogen) atoms. The van der Waals surface area contributed by atoms with Crippen LogP contribution >= 0.6 is 15.9 Å². The number of ether oxygens (including phenoxy) is 1. The van der Waals surface area contributed by atoms with Gasteiger partial charge in [-0.3, -0.25) is 0 Å². The third-order valence-corrected chi connectivity index (χ3v) is 3.56. The minimum atomic E-state index is 0.710. The summed E-state index contributed by atoms with van der Waals surface area (Å²) < 4.78 is 8.42. The van der Waals surface area contributed by atoms with Gasteiger partial charge in [0.1, 0.15) is 10.4 Å². The first-order chi connectivity index (χ1) is 8.70. The molecule has 4 heteroatoms. The van der Waals surface area contributed by atoms with Crippen molar-refractivity contribution >= 4 is 15.9 Å². The van der Waals surface area contributed by atoms with Gasteiger partial charge in [0.25, 0.3) is 0 Å². The molecule has 0 fully saturated rings. The highest BCUT2D eigenvalue weighted by Gasteiger charge is 2.06. The average Bonchev–Trinajstić information content (AvgIpc) is 2.69. The van der Waals surface area contributed by atoms with Gasteiger partial charge in [-0.1, -0.05) is 12.1 Å². The molecule has 0 unspecified atom stereocenters. The van der Waals surface area contributed by atoms with E-state index in [1.165, 1.54) is 11.3 Å². The summed E-state index contributed by atoms with van der Waals surface area (Å²) in [7, 11) is 2.02. The average molecular weight is 309 g/mol. The molecule has 0 N–H and O–H groups in total. The van der Waals surface area contributed by atoms with E-state index >= 15 is 0 Å². The second-order valence-electron chi connectivity index (χ2n) is 4.17. The number of aromatic nitrogens is 2. The first-order valence-corrected chi connectivity index (χ1v) is 6.87. The Balaban J connectivity index is 1.98. The van der Waals surface area contributed by atoms with Gasteiger partial charge in [0.15, 0.2) is 0 Å². The first kappa shape index (κ1) is 13.1. The Bertz CT molecular complexity index is 486. The number of hydrogen-bond acceptors (Lipinski definition) is 2. The van der Waals surface area contributed by atoms with Crippen molar-refractivity contribution in [2.24, 2.45) is 7.05 Å². The molecule has 2 rings (SSSR count). The van der Waals surface area contributed by atoms with Crippen LogP contribution in [-0.4, -0.2) is 16.2 Å². The van der Waals surface area contributed by atoms with Gasteiger partial charge in [-0.25, -0.2) is 4.98 Å². The van der Waals surface area contributed by atoms with E-state index in [0.29, 0.717) is 6.61 Å². The Kier molecular flexibility index (Phi) is 4.42. The molecule has 96 valence electrons. The SMILES string of the molecule is CCOc1ccc(CCc2c(Br)ncn2C)cc1. The Morgan fingerprint density at radius 1 is 1.22 bits per heavy atom. The molecule has 2 aromatic rings. The maximum absolute atomic E-state index is 5.43. The molecule has 3 nitrogen and oxygen atoms in total. The van der Waals surface area contributed by atoms with E-state index in [1.54, 1.807) is 0 Å². The van der Waals surface area contributed by atoms with Crippen LogP contribution in [0.15, 0.2) is 35.2 Å². The fourth-order valence-corrected chi connectivity index (χ4v) is 2.46. The van der Waals surface area contributed by atoms with Crippen molar-refractivity contribution in [1.82, 2.24) is 9.55 Å². The fourth-order valence-electron chi connectivity index (χ4n) is 1.89. The molecule has 0 aliphatic carbocycles. The van der Waals surface area contributed by atoms with Crippen molar-refractivity contribution in [3.05, 3.63) is 46.5 Å². The normalized spacial score (nSPS) is 10.6. The van der Waals surface area contributed by atoms with Gasteiger partial charge < -0.3 is 9.30 Å². The van der Waals surface area contributed by atoms with Gasteiger partial charge in [0, 0.05) is 7.05 Å². The van der Waals surface area contributed by atoms with Gasteiger partial charge in [0.05, 0.1) is 18.6 Å². The summed E-state index contributed by atoms with van der Waals surface area (Å²) in [5, 5.41) is 0. The zero-order chi connectivity index (χ0) is 13.0. The highest BCUT2D eigenvalue weighted by molar-refractivity contribution is 9.10. The number of benzene rings is 1. The van der Waals surface area contributed by atoms with Crippen LogP contribution < -0.4 is 4.74 Å². The molecule has 1 heterocycles. The molecule has 0 radical (unpaired) electrons. The maximum atomic E-state index is 5.43. The highest BCUT2D eigenvalue weighted by Crippen LogP contribution is 2.17. The Labute approximate surface area is 116 Å². The van der Waals surface area contributed by atoms with Gasteiger partial charge in [-0.15, -0.1) is 0 Å². The number of halogens is 1. The van der Waals surface area contributed by atoms with Gasteiger partial charge in [-0.05, 0) is 53.4 Å². The molecule has 0 bridgehead atoms. The Morgan fingerprint density at radius 2 is 1.94 bits per heavy atom. The second-order valence-corrected chi connectivity index (χ2v) is 4.92. The largest absolute Gasteiger partial charge is 0.494 e.